The van der Waals surface area contributed by atoms with Gasteiger partial charge < -0.3 is 10.1 Å². The minimum absolute atomic E-state index is 0.0338. The second-order valence-electron chi connectivity index (χ2n) is 5.00. The van der Waals surface area contributed by atoms with E-state index >= 15 is 0 Å². The van der Waals surface area contributed by atoms with Crippen molar-refractivity contribution in [2.24, 2.45) is 5.92 Å². The highest BCUT2D eigenvalue weighted by Gasteiger charge is 2.13. The maximum atomic E-state index is 12.0. The number of aromatic nitrogens is 2. The summed E-state index contributed by atoms with van der Waals surface area (Å²) in [5.74, 6) is 1.05. The summed E-state index contributed by atoms with van der Waals surface area (Å²) < 4.78 is 5.33. The number of rotatable bonds is 6. The van der Waals surface area contributed by atoms with Crippen LogP contribution >= 0.6 is 11.3 Å². The summed E-state index contributed by atoms with van der Waals surface area (Å²) in [6.45, 7) is 3.91. The molecule has 1 heterocycles. The van der Waals surface area contributed by atoms with E-state index < -0.39 is 0 Å². The summed E-state index contributed by atoms with van der Waals surface area (Å²) in [7, 11) is 1.66. The Balaban J connectivity index is 1.89. The van der Waals surface area contributed by atoms with E-state index in [1.807, 2.05) is 31.2 Å². The summed E-state index contributed by atoms with van der Waals surface area (Å²) in [6, 6.07) is 7.89. The second kappa shape index (κ2) is 7.17. The Kier molecular flexibility index (Phi) is 5.27. The highest BCUT2D eigenvalue weighted by Crippen LogP contribution is 2.22. The third-order valence-electron chi connectivity index (χ3n) is 3.07. The third kappa shape index (κ3) is 4.53. The summed E-state index contributed by atoms with van der Waals surface area (Å²) >= 11 is 1.38. The molecule has 0 fully saturated rings. The molecule has 21 heavy (non-hydrogen) atoms. The number of carbonyl (C=O) groups is 1. The Morgan fingerprint density at radius 1 is 1.38 bits per heavy atom. The predicted octanol–water partition coefficient (Wildman–Crippen LogP) is 3.06. The molecule has 0 aliphatic carbocycles. The van der Waals surface area contributed by atoms with Gasteiger partial charge in [-0.3, -0.25) is 4.79 Å². The van der Waals surface area contributed by atoms with Gasteiger partial charge in [0.15, 0.2) is 0 Å². The van der Waals surface area contributed by atoms with Gasteiger partial charge in [0, 0.05) is 6.42 Å². The monoisotopic (exact) mass is 305 g/mol. The molecule has 1 amide bonds. The summed E-state index contributed by atoms with van der Waals surface area (Å²) in [4.78, 5) is 12.0. The van der Waals surface area contributed by atoms with Crippen molar-refractivity contribution in [1.29, 1.82) is 0 Å². The third-order valence-corrected chi connectivity index (χ3v) is 3.82. The van der Waals surface area contributed by atoms with Crippen LogP contribution in [0.25, 0.3) is 0 Å². The highest BCUT2D eigenvalue weighted by molar-refractivity contribution is 7.15. The smallest absolute Gasteiger partial charge is 0.226 e. The van der Waals surface area contributed by atoms with Gasteiger partial charge >= 0.3 is 0 Å². The van der Waals surface area contributed by atoms with Gasteiger partial charge in [-0.05, 0) is 30.9 Å². The molecule has 1 unspecified atom stereocenters. The first-order chi connectivity index (χ1) is 10.1. The topological polar surface area (TPSA) is 64.1 Å². The number of para-hydroxylation sites is 1. The van der Waals surface area contributed by atoms with Crippen molar-refractivity contribution in [3.05, 3.63) is 34.8 Å². The van der Waals surface area contributed by atoms with E-state index in [9.17, 15) is 4.79 Å². The molecule has 0 saturated heterocycles. The fourth-order valence-electron chi connectivity index (χ4n) is 2.15. The Morgan fingerprint density at radius 3 is 2.81 bits per heavy atom. The minimum atomic E-state index is -0.0338. The molecule has 6 heteroatoms. The number of ether oxygens (including phenoxy) is 1. The zero-order valence-electron chi connectivity index (χ0n) is 12.4. The van der Waals surface area contributed by atoms with Crippen LogP contribution in [0.4, 0.5) is 5.13 Å². The SMILES string of the molecule is COc1ccccc1CC(C)CC(=O)Nc1nnc(C)s1. The van der Waals surface area contributed by atoms with Crippen LogP contribution in [0.15, 0.2) is 24.3 Å². The molecule has 0 radical (unpaired) electrons. The molecular weight excluding hydrogens is 286 g/mol. The van der Waals surface area contributed by atoms with Crippen molar-refractivity contribution >= 4 is 22.4 Å². The number of hydrogen-bond acceptors (Lipinski definition) is 5. The van der Waals surface area contributed by atoms with Crippen LogP contribution in [0.1, 0.15) is 23.9 Å². The predicted molar refractivity (Wildman–Crippen MR) is 83.8 cm³/mol. The van der Waals surface area contributed by atoms with Crippen molar-refractivity contribution in [3.8, 4) is 5.75 Å². The highest BCUT2D eigenvalue weighted by atomic mass is 32.1. The number of anilines is 1. The van der Waals surface area contributed by atoms with Crippen LogP contribution in [-0.4, -0.2) is 23.2 Å². The van der Waals surface area contributed by atoms with E-state index in [2.05, 4.69) is 22.4 Å². The van der Waals surface area contributed by atoms with Crippen LogP contribution in [0.3, 0.4) is 0 Å². The Labute approximate surface area is 128 Å². The lowest BCUT2D eigenvalue weighted by Gasteiger charge is -2.13. The average molecular weight is 305 g/mol. The molecule has 112 valence electrons. The number of aryl methyl sites for hydroxylation is 1. The summed E-state index contributed by atoms with van der Waals surface area (Å²) in [5, 5.41) is 11.9. The zero-order chi connectivity index (χ0) is 15.2. The van der Waals surface area contributed by atoms with E-state index in [1.165, 1.54) is 11.3 Å². The molecule has 1 aromatic heterocycles. The quantitative estimate of drug-likeness (QED) is 0.891. The van der Waals surface area contributed by atoms with E-state index in [0.29, 0.717) is 11.6 Å². The van der Waals surface area contributed by atoms with Crippen molar-refractivity contribution < 1.29 is 9.53 Å². The molecule has 2 rings (SSSR count). The average Bonchev–Trinajstić information content (AvgIpc) is 2.84. The number of nitrogens with one attached hydrogen (secondary N) is 1. The van der Waals surface area contributed by atoms with Gasteiger partial charge in [0.1, 0.15) is 10.8 Å². The molecule has 0 aliphatic rings. The maximum absolute atomic E-state index is 12.0. The van der Waals surface area contributed by atoms with Gasteiger partial charge in [-0.15, -0.1) is 10.2 Å². The van der Waals surface area contributed by atoms with Gasteiger partial charge in [-0.2, -0.15) is 0 Å². The van der Waals surface area contributed by atoms with Crippen LogP contribution in [0, 0.1) is 12.8 Å². The standard InChI is InChI=1S/C15H19N3O2S/c1-10(8-12-6-4-5-7-13(12)20-3)9-14(19)16-15-18-17-11(2)21-15/h4-7,10H,8-9H2,1-3H3,(H,16,18,19). The molecule has 0 spiro atoms. The molecule has 1 aromatic carbocycles. The van der Waals surface area contributed by atoms with Gasteiger partial charge in [0.2, 0.25) is 11.0 Å². The number of carbonyl (C=O) groups excluding carboxylic acids is 1. The van der Waals surface area contributed by atoms with Gasteiger partial charge in [-0.25, -0.2) is 0 Å². The maximum Gasteiger partial charge on any atom is 0.226 e. The van der Waals surface area contributed by atoms with Crippen LogP contribution in [0.5, 0.6) is 5.75 Å². The molecule has 0 aliphatic heterocycles. The fourth-order valence-corrected chi connectivity index (χ4v) is 2.76. The lowest BCUT2D eigenvalue weighted by Crippen LogP contribution is -2.16. The minimum Gasteiger partial charge on any atom is -0.496 e. The lowest BCUT2D eigenvalue weighted by molar-refractivity contribution is -0.116. The number of methoxy groups -OCH3 is 1. The van der Waals surface area contributed by atoms with Crippen molar-refractivity contribution in [3.63, 3.8) is 0 Å². The van der Waals surface area contributed by atoms with Crippen molar-refractivity contribution in [2.45, 2.75) is 26.7 Å². The Morgan fingerprint density at radius 2 is 2.14 bits per heavy atom. The molecule has 0 bridgehead atoms. The first kappa shape index (κ1) is 15.4. The number of benzene rings is 1. The Bertz CT molecular complexity index is 612. The van der Waals surface area contributed by atoms with E-state index in [0.717, 1.165) is 22.7 Å². The van der Waals surface area contributed by atoms with Crippen LogP contribution in [-0.2, 0) is 11.2 Å². The van der Waals surface area contributed by atoms with Gasteiger partial charge in [0.05, 0.1) is 7.11 Å². The van der Waals surface area contributed by atoms with Crippen molar-refractivity contribution in [2.75, 3.05) is 12.4 Å². The van der Waals surface area contributed by atoms with Crippen LogP contribution in [0.2, 0.25) is 0 Å². The first-order valence-corrected chi connectivity index (χ1v) is 7.62. The van der Waals surface area contributed by atoms with E-state index in [-0.39, 0.29) is 11.8 Å². The van der Waals surface area contributed by atoms with Gasteiger partial charge in [-0.1, -0.05) is 36.5 Å². The van der Waals surface area contributed by atoms with E-state index in [1.54, 1.807) is 7.11 Å². The zero-order valence-corrected chi connectivity index (χ0v) is 13.2. The summed E-state index contributed by atoms with van der Waals surface area (Å²) in [5.41, 5.74) is 1.12. The first-order valence-electron chi connectivity index (χ1n) is 6.80. The van der Waals surface area contributed by atoms with E-state index in [4.69, 9.17) is 4.74 Å². The molecule has 1 atom stereocenters. The largest absolute Gasteiger partial charge is 0.496 e. The van der Waals surface area contributed by atoms with Crippen LogP contribution < -0.4 is 10.1 Å². The molecule has 0 saturated carbocycles. The second-order valence-corrected chi connectivity index (χ2v) is 6.18. The molecular formula is C15H19N3O2S. The number of hydrogen-bond donors (Lipinski definition) is 1. The number of nitrogens with zero attached hydrogens (tertiary/aromatic N) is 2. The lowest BCUT2D eigenvalue weighted by atomic mass is 9.97. The summed E-state index contributed by atoms with van der Waals surface area (Å²) in [6.07, 6.45) is 1.24. The molecule has 5 nitrogen and oxygen atoms in total. The Hall–Kier alpha value is -1.95. The van der Waals surface area contributed by atoms with Crippen molar-refractivity contribution in [1.82, 2.24) is 10.2 Å². The molecule has 1 N–H and O–H groups in total. The molecule has 2 aromatic rings. The number of amides is 1. The normalized spacial score (nSPS) is 12.0. The fraction of sp³-hybridized carbons (Fsp3) is 0.400. The van der Waals surface area contributed by atoms with Gasteiger partial charge in [0.25, 0.3) is 0 Å².